The summed E-state index contributed by atoms with van der Waals surface area (Å²) in [6.07, 6.45) is 0. The highest BCUT2D eigenvalue weighted by molar-refractivity contribution is 9.12. The molecule has 0 aliphatic rings. The average Bonchev–Trinajstić information content (AvgIpc) is 3.01. The number of hydrogen-bond acceptors (Lipinski definition) is 5. The van der Waals surface area contributed by atoms with E-state index < -0.39 is 0 Å². The van der Waals surface area contributed by atoms with Gasteiger partial charge >= 0.3 is 0 Å². The van der Waals surface area contributed by atoms with Crippen LogP contribution in [0.15, 0.2) is 42.4 Å². The molecule has 2 heterocycles. The SMILES string of the molecule is COc1ccccc1-c1c(N)noc1-c1cc(Br)sc1Br. The van der Waals surface area contributed by atoms with Crippen LogP contribution in [0, 0.1) is 0 Å². The minimum Gasteiger partial charge on any atom is -0.496 e. The lowest BCUT2D eigenvalue weighted by atomic mass is 10.0. The van der Waals surface area contributed by atoms with Gasteiger partial charge in [-0.3, -0.25) is 0 Å². The van der Waals surface area contributed by atoms with E-state index in [-0.39, 0.29) is 0 Å². The molecule has 1 aromatic carbocycles. The van der Waals surface area contributed by atoms with Crippen molar-refractivity contribution in [3.8, 4) is 28.2 Å². The van der Waals surface area contributed by atoms with Gasteiger partial charge in [-0.2, -0.15) is 0 Å². The number of benzene rings is 1. The number of ether oxygens (including phenoxy) is 1. The Labute approximate surface area is 142 Å². The number of anilines is 1. The molecule has 0 aliphatic carbocycles. The molecule has 3 aromatic rings. The van der Waals surface area contributed by atoms with Crippen molar-refractivity contribution in [2.24, 2.45) is 0 Å². The van der Waals surface area contributed by atoms with Crippen LogP contribution in [-0.4, -0.2) is 12.3 Å². The fourth-order valence-electron chi connectivity index (χ4n) is 2.09. The molecule has 2 aromatic heterocycles. The Morgan fingerprint density at radius 3 is 2.67 bits per heavy atom. The fraction of sp³-hybridized carbons (Fsp3) is 0.0714. The lowest BCUT2D eigenvalue weighted by molar-refractivity contribution is 0.416. The highest BCUT2D eigenvalue weighted by Crippen LogP contribution is 2.46. The molecule has 0 unspecified atom stereocenters. The van der Waals surface area contributed by atoms with Crippen molar-refractivity contribution >= 4 is 49.0 Å². The number of nitrogen functional groups attached to an aromatic ring is 1. The quantitative estimate of drug-likeness (QED) is 0.622. The summed E-state index contributed by atoms with van der Waals surface area (Å²) in [5, 5.41) is 3.91. The molecule has 0 atom stereocenters. The molecule has 7 heteroatoms. The van der Waals surface area contributed by atoms with E-state index >= 15 is 0 Å². The van der Waals surface area contributed by atoms with E-state index in [2.05, 4.69) is 37.0 Å². The zero-order valence-corrected chi connectivity index (χ0v) is 14.9. The van der Waals surface area contributed by atoms with Crippen molar-refractivity contribution in [3.05, 3.63) is 37.9 Å². The number of nitrogens with two attached hydrogens (primary N) is 1. The van der Waals surface area contributed by atoms with Gasteiger partial charge in [0.1, 0.15) is 5.75 Å². The maximum Gasteiger partial charge on any atom is 0.179 e. The number of nitrogens with zero attached hydrogens (tertiary/aromatic N) is 1. The summed E-state index contributed by atoms with van der Waals surface area (Å²) >= 11 is 8.56. The van der Waals surface area contributed by atoms with Crippen molar-refractivity contribution < 1.29 is 9.26 Å². The number of halogens is 2. The van der Waals surface area contributed by atoms with Crippen molar-refractivity contribution in [1.82, 2.24) is 5.16 Å². The third-order valence-electron chi connectivity index (χ3n) is 3.00. The van der Waals surface area contributed by atoms with Gasteiger partial charge in [-0.25, -0.2) is 0 Å². The van der Waals surface area contributed by atoms with Gasteiger partial charge in [0.15, 0.2) is 11.6 Å². The summed E-state index contributed by atoms with van der Waals surface area (Å²) in [5.74, 6) is 1.67. The number of para-hydroxylation sites is 1. The number of thiophene rings is 1. The van der Waals surface area contributed by atoms with E-state index in [1.807, 2.05) is 30.3 Å². The van der Waals surface area contributed by atoms with Gasteiger partial charge in [0, 0.05) is 11.1 Å². The van der Waals surface area contributed by atoms with Gasteiger partial charge in [0.05, 0.1) is 20.2 Å². The first-order valence-corrected chi connectivity index (χ1v) is 8.35. The van der Waals surface area contributed by atoms with E-state index in [1.54, 1.807) is 18.4 Å². The highest BCUT2D eigenvalue weighted by Gasteiger charge is 2.23. The topological polar surface area (TPSA) is 61.3 Å². The molecule has 4 nitrogen and oxygen atoms in total. The van der Waals surface area contributed by atoms with Gasteiger partial charge in [-0.1, -0.05) is 23.4 Å². The summed E-state index contributed by atoms with van der Waals surface area (Å²) in [5.41, 5.74) is 8.49. The lowest BCUT2D eigenvalue weighted by Gasteiger charge is -2.08. The molecule has 21 heavy (non-hydrogen) atoms. The maximum absolute atomic E-state index is 6.01. The normalized spacial score (nSPS) is 10.8. The van der Waals surface area contributed by atoms with E-state index in [0.717, 1.165) is 30.0 Å². The Morgan fingerprint density at radius 2 is 2.00 bits per heavy atom. The Balaban J connectivity index is 2.25. The number of hydrogen-bond donors (Lipinski definition) is 1. The second-order valence-electron chi connectivity index (χ2n) is 4.21. The second-order valence-corrected chi connectivity index (χ2v) is 7.96. The van der Waals surface area contributed by atoms with E-state index in [0.29, 0.717) is 11.6 Å². The third-order valence-corrected chi connectivity index (χ3v) is 5.34. The standard InChI is InChI=1S/C14H10Br2N2O2S/c1-19-9-5-3-2-4-7(9)11-12(20-18-14(11)17)8-6-10(15)21-13(8)16/h2-6H,1H3,(H2,17,18). The van der Waals surface area contributed by atoms with Gasteiger partial charge < -0.3 is 15.0 Å². The zero-order valence-electron chi connectivity index (χ0n) is 10.9. The molecular formula is C14H10Br2N2O2S. The molecule has 0 radical (unpaired) electrons. The molecular weight excluding hydrogens is 420 g/mol. The Bertz CT molecular complexity index is 798. The van der Waals surface area contributed by atoms with Crippen LogP contribution in [0.2, 0.25) is 0 Å². The van der Waals surface area contributed by atoms with E-state index in [9.17, 15) is 0 Å². The largest absolute Gasteiger partial charge is 0.496 e. The van der Waals surface area contributed by atoms with Crippen LogP contribution in [0.25, 0.3) is 22.5 Å². The minimum absolute atomic E-state index is 0.337. The summed E-state index contributed by atoms with van der Waals surface area (Å²) in [7, 11) is 1.62. The molecule has 0 saturated heterocycles. The average molecular weight is 430 g/mol. The summed E-state index contributed by atoms with van der Waals surface area (Å²) < 4.78 is 12.8. The Kier molecular flexibility index (Phi) is 4.05. The summed E-state index contributed by atoms with van der Waals surface area (Å²) in [6, 6.07) is 9.60. The molecule has 0 saturated carbocycles. The first kappa shape index (κ1) is 14.6. The van der Waals surface area contributed by atoms with Crippen LogP contribution in [0.5, 0.6) is 5.75 Å². The highest BCUT2D eigenvalue weighted by atomic mass is 79.9. The Hall–Kier alpha value is -1.31. The van der Waals surface area contributed by atoms with Gasteiger partial charge in [0.2, 0.25) is 0 Å². The van der Waals surface area contributed by atoms with E-state index in [4.69, 9.17) is 15.0 Å². The lowest BCUT2D eigenvalue weighted by Crippen LogP contribution is -1.92. The van der Waals surface area contributed by atoms with Crippen molar-refractivity contribution in [1.29, 1.82) is 0 Å². The molecule has 0 amide bonds. The van der Waals surface area contributed by atoms with Gasteiger partial charge in [0.25, 0.3) is 0 Å². The summed E-state index contributed by atoms with van der Waals surface area (Å²) in [6.45, 7) is 0. The molecule has 0 aliphatic heterocycles. The number of aromatic nitrogens is 1. The molecule has 0 fully saturated rings. The van der Waals surface area contributed by atoms with Crippen LogP contribution < -0.4 is 10.5 Å². The number of methoxy groups -OCH3 is 1. The van der Waals surface area contributed by atoms with Crippen LogP contribution >= 0.6 is 43.2 Å². The fourth-order valence-corrected chi connectivity index (χ4v) is 4.89. The van der Waals surface area contributed by atoms with Crippen molar-refractivity contribution in [3.63, 3.8) is 0 Å². The smallest absolute Gasteiger partial charge is 0.179 e. The van der Waals surface area contributed by atoms with Crippen molar-refractivity contribution in [2.75, 3.05) is 12.8 Å². The van der Waals surface area contributed by atoms with Gasteiger partial charge in [-0.15, -0.1) is 11.3 Å². The van der Waals surface area contributed by atoms with Gasteiger partial charge in [-0.05, 0) is 44.0 Å². The predicted molar refractivity (Wildman–Crippen MR) is 91.6 cm³/mol. The molecule has 3 rings (SSSR count). The first-order chi connectivity index (χ1) is 10.1. The molecule has 0 spiro atoms. The minimum atomic E-state index is 0.337. The van der Waals surface area contributed by atoms with Crippen molar-refractivity contribution in [2.45, 2.75) is 0 Å². The zero-order chi connectivity index (χ0) is 15.0. The summed E-state index contributed by atoms with van der Waals surface area (Å²) in [4.78, 5) is 0. The third kappa shape index (κ3) is 2.61. The van der Waals surface area contributed by atoms with Crippen LogP contribution in [0.4, 0.5) is 5.82 Å². The second kappa shape index (κ2) is 5.82. The maximum atomic E-state index is 6.01. The van der Waals surface area contributed by atoms with Crippen LogP contribution in [0.3, 0.4) is 0 Å². The molecule has 108 valence electrons. The first-order valence-electron chi connectivity index (χ1n) is 5.95. The van der Waals surface area contributed by atoms with Crippen LogP contribution in [0.1, 0.15) is 0 Å². The Morgan fingerprint density at radius 1 is 1.24 bits per heavy atom. The molecule has 0 bridgehead atoms. The number of rotatable bonds is 3. The van der Waals surface area contributed by atoms with E-state index in [1.165, 1.54) is 0 Å². The predicted octanol–water partition coefficient (Wildman–Crippen LogP) is 5.19. The van der Waals surface area contributed by atoms with Crippen LogP contribution in [-0.2, 0) is 0 Å². The monoisotopic (exact) mass is 428 g/mol. The molecule has 2 N–H and O–H groups in total.